The molecule has 0 unspecified atom stereocenters. The summed E-state index contributed by atoms with van der Waals surface area (Å²) in [6.07, 6.45) is 1.34. The third-order valence-corrected chi connectivity index (χ3v) is 6.21. The van der Waals surface area contributed by atoms with E-state index < -0.39 is 0 Å². The molecular weight excluding hydrogens is 413 g/mol. The van der Waals surface area contributed by atoms with Crippen LogP contribution in [0.5, 0.6) is 0 Å². The number of hydrogen-bond donors (Lipinski definition) is 1. The van der Waals surface area contributed by atoms with Crippen LogP contribution in [-0.4, -0.2) is 23.3 Å². The average molecular weight is 430 g/mol. The lowest BCUT2D eigenvalue weighted by Crippen LogP contribution is -2.23. The molecule has 1 saturated heterocycles. The predicted octanol–water partition coefficient (Wildman–Crippen LogP) is 5.29. The van der Waals surface area contributed by atoms with Crippen molar-refractivity contribution in [3.63, 3.8) is 0 Å². The summed E-state index contributed by atoms with van der Waals surface area (Å²) in [5.74, 6) is -0.599. The molecule has 0 aliphatic carbocycles. The molecule has 1 fully saturated rings. The second-order valence-corrected chi connectivity index (χ2v) is 8.11. The van der Waals surface area contributed by atoms with E-state index in [9.17, 15) is 14.0 Å². The lowest BCUT2D eigenvalue weighted by atomic mass is 10.2. The summed E-state index contributed by atoms with van der Waals surface area (Å²) in [6, 6.07) is 11.1. The Morgan fingerprint density at radius 2 is 2.00 bits per heavy atom. The molecule has 148 valence electrons. The molecule has 2 aromatic carbocycles. The Labute approximate surface area is 176 Å². The maximum absolute atomic E-state index is 13.1. The number of hydrogen-bond acceptors (Lipinski definition) is 4. The third kappa shape index (κ3) is 4.02. The Morgan fingerprint density at radius 1 is 1.24 bits per heavy atom. The summed E-state index contributed by atoms with van der Waals surface area (Å²) in [4.78, 5) is 31.4. The maximum atomic E-state index is 13.1. The first-order valence-corrected chi connectivity index (χ1v) is 10.3. The van der Waals surface area contributed by atoms with Gasteiger partial charge in [0.1, 0.15) is 15.7 Å². The first kappa shape index (κ1) is 19.5. The molecule has 0 atom stereocenters. The number of amides is 2. The van der Waals surface area contributed by atoms with E-state index in [1.807, 2.05) is 0 Å². The molecule has 1 aliphatic rings. The van der Waals surface area contributed by atoms with Crippen LogP contribution in [0.2, 0.25) is 5.02 Å². The van der Waals surface area contributed by atoms with Crippen molar-refractivity contribution >= 4 is 46.1 Å². The van der Waals surface area contributed by atoms with Gasteiger partial charge in [0.2, 0.25) is 5.91 Å². The van der Waals surface area contributed by atoms with E-state index in [1.54, 1.807) is 42.2 Å². The first-order valence-electron chi connectivity index (χ1n) is 9.07. The molecule has 1 N–H and O–H groups in total. The quantitative estimate of drug-likeness (QED) is 0.612. The zero-order chi connectivity index (χ0) is 20.5. The van der Waals surface area contributed by atoms with E-state index in [1.165, 1.54) is 23.5 Å². The summed E-state index contributed by atoms with van der Waals surface area (Å²) < 4.78 is 13.1. The predicted molar refractivity (Wildman–Crippen MR) is 113 cm³/mol. The number of aromatic nitrogens is 1. The highest BCUT2D eigenvalue weighted by Crippen LogP contribution is 2.32. The molecule has 2 amide bonds. The molecule has 3 aromatic rings. The van der Waals surface area contributed by atoms with Gasteiger partial charge in [-0.3, -0.25) is 9.59 Å². The zero-order valence-electron chi connectivity index (χ0n) is 15.5. The largest absolute Gasteiger partial charge is 0.320 e. The summed E-state index contributed by atoms with van der Waals surface area (Å²) in [7, 11) is 0. The lowest BCUT2D eigenvalue weighted by Gasteiger charge is -2.17. The van der Waals surface area contributed by atoms with Gasteiger partial charge >= 0.3 is 0 Å². The van der Waals surface area contributed by atoms with Crippen molar-refractivity contribution in [1.82, 2.24) is 4.98 Å². The van der Waals surface area contributed by atoms with Crippen molar-refractivity contribution in [2.45, 2.75) is 19.8 Å². The molecule has 0 saturated carbocycles. The Balaban J connectivity index is 1.58. The van der Waals surface area contributed by atoms with E-state index in [-0.39, 0.29) is 17.6 Å². The summed E-state index contributed by atoms with van der Waals surface area (Å²) >= 11 is 7.49. The van der Waals surface area contributed by atoms with E-state index >= 15 is 0 Å². The monoisotopic (exact) mass is 429 g/mol. The van der Waals surface area contributed by atoms with Crippen molar-refractivity contribution in [3.8, 4) is 10.6 Å². The Bertz CT molecular complexity index is 1100. The van der Waals surface area contributed by atoms with Gasteiger partial charge < -0.3 is 10.2 Å². The molecule has 8 heteroatoms. The van der Waals surface area contributed by atoms with Crippen molar-refractivity contribution in [2.75, 3.05) is 16.8 Å². The zero-order valence-corrected chi connectivity index (χ0v) is 17.1. The average Bonchev–Trinajstić information content (AvgIpc) is 3.30. The highest BCUT2D eigenvalue weighted by molar-refractivity contribution is 7.17. The molecule has 0 spiro atoms. The smallest absolute Gasteiger partial charge is 0.267 e. The topological polar surface area (TPSA) is 62.3 Å². The highest BCUT2D eigenvalue weighted by Gasteiger charge is 2.23. The molecule has 1 aliphatic heterocycles. The van der Waals surface area contributed by atoms with Gasteiger partial charge in [-0.05, 0) is 55.8 Å². The van der Waals surface area contributed by atoms with Crippen LogP contribution in [0.25, 0.3) is 10.6 Å². The minimum absolute atomic E-state index is 0.0619. The van der Waals surface area contributed by atoms with E-state index in [4.69, 9.17) is 11.6 Å². The fraction of sp³-hybridized carbons (Fsp3) is 0.190. The Morgan fingerprint density at radius 3 is 2.69 bits per heavy atom. The molecule has 29 heavy (non-hydrogen) atoms. The number of anilines is 2. The van der Waals surface area contributed by atoms with E-state index in [0.29, 0.717) is 44.9 Å². The SMILES string of the molecule is Cc1nc(-c2ccc(F)cc2)sc1C(=O)Nc1cc(N2CCCC2=O)ccc1Cl. The highest BCUT2D eigenvalue weighted by atomic mass is 35.5. The molecular formula is C21H17ClFN3O2S. The van der Waals surface area contributed by atoms with Crippen LogP contribution in [-0.2, 0) is 4.79 Å². The van der Waals surface area contributed by atoms with Gasteiger partial charge in [-0.2, -0.15) is 0 Å². The fourth-order valence-electron chi connectivity index (χ4n) is 3.20. The van der Waals surface area contributed by atoms with Gasteiger partial charge in [-0.15, -0.1) is 11.3 Å². The van der Waals surface area contributed by atoms with Gasteiger partial charge in [0.25, 0.3) is 5.91 Å². The lowest BCUT2D eigenvalue weighted by molar-refractivity contribution is -0.117. The molecule has 1 aromatic heterocycles. The minimum Gasteiger partial charge on any atom is -0.320 e. The number of rotatable bonds is 4. The number of aryl methyl sites for hydroxylation is 1. The standard InChI is InChI=1S/C21H17ClFN3O2S/c1-12-19(29-21(24-12)13-4-6-14(23)7-5-13)20(28)25-17-11-15(8-9-16(17)22)26-10-2-3-18(26)27/h4-9,11H,2-3,10H2,1H3,(H,25,28). The third-order valence-electron chi connectivity index (χ3n) is 4.68. The van der Waals surface area contributed by atoms with Crippen LogP contribution >= 0.6 is 22.9 Å². The summed E-state index contributed by atoms with van der Waals surface area (Å²) in [5, 5.41) is 3.84. The second kappa shape index (κ2) is 7.93. The molecule has 2 heterocycles. The number of carbonyl (C=O) groups excluding carboxylic acids is 2. The molecule has 0 bridgehead atoms. The number of carbonyl (C=O) groups is 2. The maximum Gasteiger partial charge on any atom is 0.267 e. The van der Waals surface area contributed by atoms with Crippen LogP contribution < -0.4 is 10.2 Å². The van der Waals surface area contributed by atoms with Crippen LogP contribution in [0.1, 0.15) is 28.2 Å². The van der Waals surface area contributed by atoms with Crippen molar-refractivity contribution in [3.05, 3.63) is 63.9 Å². The van der Waals surface area contributed by atoms with Crippen molar-refractivity contribution in [1.29, 1.82) is 0 Å². The normalized spacial score (nSPS) is 13.8. The number of halogens is 2. The Kier molecular flexibility index (Phi) is 5.34. The number of thiazole rings is 1. The number of nitrogens with one attached hydrogen (secondary N) is 1. The second-order valence-electron chi connectivity index (χ2n) is 6.71. The van der Waals surface area contributed by atoms with Crippen molar-refractivity contribution in [2.24, 2.45) is 0 Å². The van der Waals surface area contributed by atoms with Crippen LogP contribution in [0.4, 0.5) is 15.8 Å². The van der Waals surface area contributed by atoms with Crippen LogP contribution in [0.3, 0.4) is 0 Å². The van der Waals surface area contributed by atoms with Crippen molar-refractivity contribution < 1.29 is 14.0 Å². The molecule has 5 nitrogen and oxygen atoms in total. The molecule has 0 radical (unpaired) electrons. The number of nitrogens with zero attached hydrogens (tertiary/aromatic N) is 2. The minimum atomic E-state index is -0.333. The van der Waals surface area contributed by atoms with E-state index in [0.717, 1.165) is 12.0 Å². The fourth-order valence-corrected chi connectivity index (χ4v) is 4.33. The van der Waals surface area contributed by atoms with Crippen LogP contribution in [0, 0.1) is 12.7 Å². The van der Waals surface area contributed by atoms with Gasteiger partial charge in [0.05, 0.1) is 16.4 Å². The first-order chi connectivity index (χ1) is 13.9. The van der Waals surface area contributed by atoms with E-state index in [2.05, 4.69) is 10.3 Å². The van der Waals surface area contributed by atoms with Gasteiger partial charge in [-0.25, -0.2) is 9.37 Å². The Hall–Kier alpha value is -2.77. The number of benzene rings is 2. The molecule has 4 rings (SSSR count). The van der Waals surface area contributed by atoms with Gasteiger partial charge in [-0.1, -0.05) is 11.6 Å². The summed E-state index contributed by atoms with van der Waals surface area (Å²) in [6.45, 7) is 2.40. The van der Waals surface area contributed by atoms with Gasteiger partial charge in [0, 0.05) is 24.2 Å². The van der Waals surface area contributed by atoms with Gasteiger partial charge in [0.15, 0.2) is 0 Å². The van der Waals surface area contributed by atoms with Crippen LogP contribution in [0.15, 0.2) is 42.5 Å². The summed E-state index contributed by atoms with van der Waals surface area (Å²) in [5.41, 5.74) is 2.46.